The largest absolute Gasteiger partial charge is 0.369 e. The van der Waals surface area contributed by atoms with Gasteiger partial charge in [-0.05, 0) is 61.7 Å². The molecule has 2 aromatic carbocycles. The van der Waals surface area contributed by atoms with Crippen molar-refractivity contribution in [2.75, 3.05) is 36.4 Å². The van der Waals surface area contributed by atoms with Crippen LogP contribution in [0.1, 0.15) is 29.5 Å². The molecule has 1 saturated heterocycles. The predicted molar refractivity (Wildman–Crippen MR) is 110 cm³/mol. The molecule has 2 aliphatic heterocycles. The molecule has 1 amide bonds. The van der Waals surface area contributed by atoms with E-state index >= 15 is 0 Å². The number of carbonyl (C=O) groups excluding carboxylic acids is 1. The highest BCUT2D eigenvalue weighted by Gasteiger charge is 2.32. The molecule has 0 spiro atoms. The summed E-state index contributed by atoms with van der Waals surface area (Å²) in [4.78, 5) is 14.4. The normalized spacial score (nSPS) is 20.2. The maximum atomic E-state index is 13.1. The molecule has 0 aromatic heterocycles. The number of aryl methyl sites for hydroxylation is 1. The number of fused-ring (bicyclic) bond motifs is 1. The summed E-state index contributed by atoms with van der Waals surface area (Å²) in [6.07, 6.45) is 0. The zero-order valence-electron chi connectivity index (χ0n) is 16.4. The first kappa shape index (κ1) is 19.0. The minimum Gasteiger partial charge on any atom is -0.369 e. The lowest BCUT2D eigenvalue weighted by Crippen LogP contribution is -2.48. The number of benzene rings is 2. The van der Waals surface area contributed by atoms with Crippen LogP contribution >= 0.6 is 0 Å². The quantitative estimate of drug-likeness (QED) is 0.862. The van der Waals surface area contributed by atoms with Gasteiger partial charge < -0.3 is 10.2 Å². The Bertz CT molecular complexity index is 1040. The molecule has 2 aromatic rings. The highest BCUT2D eigenvalue weighted by Crippen LogP contribution is 2.34. The summed E-state index contributed by atoms with van der Waals surface area (Å²) in [5.41, 5.74) is 5.11. The number of carbonyl (C=O) groups is 1. The zero-order chi connectivity index (χ0) is 20.1. The summed E-state index contributed by atoms with van der Waals surface area (Å²) in [6.45, 7) is 8.19. The van der Waals surface area contributed by atoms with E-state index < -0.39 is 10.0 Å². The van der Waals surface area contributed by atoms with Crippen molar-refractivity contribution in [3.05, 3.63) is 53.1 Å². The Hall–Kier alpha value is -2.38. The molecule has 28 heavy (non-hydrogen) atoms. The number of amides is 1. The van der Waals surface area contributed by atoms with E-state index in [0.717, 1.165) is 5.56 Å². The van der Waals surface area contributed by atoms with Crippen LogP contribution in [0.5, 0.6) is 0 Å². The zero-order valence-corrected chi connectivity index (χ0v) is 17.2. The van der Waals surface area contributed by atoms with E-state index in [2.05, 4.69) is 36.2 Å². The van der Waals surface area contributed by atoms with E-state index in [0.29, 0.717) is 31.9 Å². The maximum absolute atomic E-state index is 13.1. The van der Waals surface area contributed by atoms with E-state index in [4.69, 9.17) is 0 Å². The van der Waals surface area contributed by atoms with Crippen molar-refractivity contribution in [2.45, 2.75) is 31.6 Å². The SMILES string of the molecule is Cc1cccc(N2CCN(S(=O)(=O)c3ccc4c(c3)[C@H](C)C(=O)N4)CC2)c1C. The third-order valence-electron chi connectivity index (χ3n) is 5.93. The molecule has 0 radical (unpaired) electrons. The van der Waals surface area contributed by atoms with Crippen LogP contribution in [-0.4, -0.2) is 44.8 Å². The van der Waals surface area contributed by atoms with Gasteiger partial charge in [-0.15, -0.1) is 0 Å². The lowest BCUT2D eigenvalue weighted by molar-refractivity contribution is -0.116. The lowest BCUT2D eigenvalue weighted by Gasteiger charge is -2.36. The number of hydrogen-bond donors (Lipinski definition) is 1. The minimum absolute atomic E-state index is 0.0910. The lowest BCUT2D eigenvalue weighted by atomic mass is 10.0. The van der Waals surface area contributed by atoms with Crippen LogP contribution in [0, 0.1) is 13.8 Å². The Kier molecular flexibility index (Phi) is 4.67. The fraction of sp³-hybridized carbons (Fsp3) is 0.381. The second-order valence-corrected chi connectivity index (χ2v) is 9.51. The van der Waals surface area contributed by atoms with E-state index in [9.17, 15) is 13.2 Å². The van der Waals surface area contributed by atoms with Crippen molar-refractivity contribution in [1.82, 2.24) is 4.31 Å². The second kappa shape index (κ2) is 6.90. The first-order valence-electron chi connectivity index (χ1n) is 9.55. The molecular weight excluding hydrogens is 374 g/mol. The van der Waals surface area contributed by atoms with E-state index in [-0.39, 0.29) is 16.7 Å². The number of piperazine rings is 1. The van der Waals surface area contributed by atoms with Crippen LogP contribution in [0.2, 0.25) is 0 Å². The topological polar surface area (TPSA) is 69.7 Å². The van der Waals surface area contributed by atoms with Gasteiger partial charge in [0.05, 0.1) is 10.8 Å². The smallest absolute Gasteiger partial charge is 0.243 e. The molecule has 148 valence electrons. The summed E-state index contributed by atoms with van der Waals surface area (Å²) in [7, 11) is -3.58. The highest BCUT2D eigenvalue weighted by atomic mass is 32.2. The summed E-state index contributed by atoms with van der Waals surface area (Å²) >= 11 is 0. The van der Waals surface area contributed by atoms with Gasteiger partial charge in [0, 0.05) is 37.6 Å². The van der Waals surface area contributed by atoms with Crippen LogP contribution in [-0.2, 0) is 14.8 Å². The monoisotopic (exact) mass is 399 g/mol. The Morgan fingerprint density at radius 1 is 1.04 bits per heavy atom. The van der Waals surface area contributed by atoms with Crippen molar-refractivity contribution < 1.29 is 13.2 Å². The summed E-state index contributed by atoms with van der Waals surface area (Å²) in [5.74, 6) is -0.419. The molecule has 7 heteroatoms. The predicted octanol–water partition coefficient (Wildman–Crippen LogP) is 2.87. The Labute approximate surface area is 166 Å². The van der Waals surface area contributed by atoms with Gasteiger partial charge >= 0.3 is 0 Å². The van der Waals surface area contributed by atoms with E-state index in [1.807, 2.05) is 6.07 Å². The van der Waals surface area contributed by atoms with Gasteiger partial charge in [0.2, 0.25) is 15.9 Å². The van der Waals surface area contributed by atoms with E-state index in [1.54, 1.807) is 29.4 Å². The highest BCUT2D eigenvalue weighted by molar-refractivity contribution is 7.89. The minimum atomic E-state index is -3.58. The number of nitrogens with one attached hydrogen (secondary N) is 1. The van der Waals surface area contributed by atoms with Gasteiger partial charge in [0.25, 0.3) is 0 Å². The number of hydrogen-bond acceptors (Lipinski definition) is 4. The molecule has 6 nitrogen and oxygen atoms in total. The number of anilines is 2. The van der Waals surface area contributed by atoms with Gasteiger partial charge in [-0.3, -0.25) is 4.79 Å². The van der Waals surface area contributed by atoms with Crippen LogP contribution in [0.25, 0.3) is 0 Å². The maximum Gasteiger partial charge on any atom is 0.243 e. The second-order valence-electron chi connectivity index (χ2n) is 7.57. The van der Waals surface area contributed by atoms with E-state index in [1.165, 1.54) is 16.8 Å². The molecule has 0 bridgehead atoms. The van der Waals surface area contributed by atoms with Crippen molar-refractivity contribution >= 4 is 27.3 Å². The van der Waals surface area contributed by atoms with Gasteiger partial charge in [0.15, 0.2) is 0 Å². The molecule has 0 aliphatic carbocycles. The van der Waals surface area contributed by atoms with Crippen LogP contribution < -0.4 is 10.2 Å². The van der Waals surface area contributed by atoms with Crippen molar-refractivity contribution in [3.63, 3.8) is 0 Å². The number of rotatable bonds is 3. The third kappa shape index (κ3) is 3.08. The van der Waals surface area contributed by atoms with Crippen LogP contribution in [0.15, 0.2) is 41.3 Å². The van der Waals surface area contributed by atoms with Crippen molar-refractivity contribution in [2.24, 2.45) is 0 Å². The molecule has 0 unspecified atom stereocenters. The van der Waals surface area contributed by atoms with Crippen LogP contribution in [0.4, 0.5) is 11.4 Å². The molecule has 0 saturated carbocycles. The average molecular weight is 400 g/mol. The standard InChI is InChI=1S/C21H25N3O3S/c1-14-5-4-6-20(15(14)2)23-9-11-24(12-10-23)28(26,27)17-7-8-19-18(13-17)16(3)21(25)22-19/h4-8,13,16H,9-12H2,1-3H3,(H,22,25)/t16-/m0/s1. The summed E-state index contributed by atoms with van der Waals surface area (Å²) < 4.78 is 27.8. The van der Waals surface area contributed by atoms with Crippen LogP contribution in [0.3, 0.4) is 0 Å². The molecule has 2 aliphatic rings. The number of sulfonamides is 1. The Morgan fingerprint density at radius 2 is 1.75 bits per heavy atom. The molecule has 4 rings (SSSR count). The van der Waals surface area contributed by atoms with Gasteiger partial charge in [-0.25, -0.2) is 8.42 Å². The first-order chi connectivity index (χ1) is 13.3. The summed E-state index contributed by atoms with van der Waals surface area (Å²) in [5, 5.41) is 2.79. The van der Waals surface area contributed by atoms with Gasteiger partial charge in [-0.1, -0.05) is 12.1 Å². The Balaban J connectivity index is 1.53. The molecule has 2 heterocycles. The number of nitrogens with zero attached hydrogens (tertiary/aromatic N) is 2. The fourth-order valence-electron chi connectivity index (χ4n) is 3.95. The van der Waals surface area contributed by atoms with Crippen molar-refractivity contribution in [1.29, 1.82) is 0 Å². The van der Waals surface area contributed by atoms with Gasteiger partial charge in [0.1, 0.15) is 0 Å². The summed E-state index contributed by atoms with van der Waals surface area (Å²) in [6, 6.07) is 11.2. The molecule has 1 N–H and O–H groups in total. The first-order valence-corrected chi connectivity index (χ1v) is 11.0. The molecule has 1 fully saturated rings. The van der Waals surface area contributed by atoms with Crippen molar-refractivity contribution in [3.8, 4) is 0 Å². The van der Waals surface area contributed by atoms with Gasteiger partial charge in [-0.2, -0.15) is 4.31 Å². The molecular formula is C21H25N3O3S. The fourth-order valence-corrected chi connectivity index (χ4v) is 5.41. The average Bonchev–Trinajstić information content (AvgIpc) is 2.97. The Morgan fingerprint density at radius 3 is 2.46 bits per heavy atom. The molecule has 1 atom stereocenters. The third-order valence-corrected chi connectivity index (χ3v) is 7.83.